The normalized spacial score (nSPS) is 8.58. The number of nitrogens with zero attached hydrogens (tertiary/aromatic N) is 1. The molecule has 12 heavy (non-hydrogen) atoms. The smallest absolute Gasteiger partial charge is 0.0403 e. The topological polar surface area (TPSA) is 12.9 Å². The fourth-order valence-electron chi connectivity index (χ4n) is 0.652. The number of rotatable bonds is 3. The van der Waals surface area contributed by atoms with Gasteiger partial charge in [-0.2, -0.15) is 0 Å². The summed E-state index contributed by atoms with van der Waals surface area (Å²) in [5.41, 5.74) is 0. The second kappa shape index (κ2) is 8.60. The summed E-state index contributed by atoms with van der Waals surface area (Å²) in [4.78, 5) is 5.28. The molecule has 0 aliphatic carbocycles. The van der Waals surface area contributed by atoms with Crippen molar-refractivity contribution in [3.8, 4) is 0 Å². The molecule has 0 saturated carbocycles. The molecule has 1 aromatic rings. The molecule has 0 aliphatic heterocycles. The first kappa shape index (κ1) is 11.5. The quantitative estimate of drug-likeness (QED) is 0.664. The van der Waals surface area contributed by atoms with Crippen LogP contribution >= 0.6 is 11.8 Å². The lowest BCUT2D eigenvalue weighted by Gasteiger charge is -1.95. The monoisotopic (exact) mass is 183 g/mol. The third kappa shape index (κ3) is 5.19. The molecule has 0 fully saturated rings. The van der Waals surface area contributed by atoms with Crippen LogP contribution in [0.15, 0.2) is 29.4 Å². The van der Waals surface area contributed by atoms with E-state index >= 15 is 0 Å². The predicted octanol–water partition coefficient (Wildman–Crippen LogP) is 3.61. The lowest BCUT2D eigenvalue weighted by atomic mass is 10.5. The van der Waals surface area contributed by atoms with Crippen LogP contribution in [0.1, 0.15) is 27.2 Å². The van der Waals surface area contributed by atoms with Crippen molar-refractivity contribution < 1.29 is 0 Å². The Morgan fingerprint density at radius 2 is 2.17 bits per heavy atom. The summed E-state index contributed by atoms with van der Waals surface area (Å²) in [5, 5.41) is 0. The first-order chi connectivity index (χ1) is 5.93. The maximum atomic E-state index is 4.02. The van der Waals surface area contributed by atoms with E-state index in [2.05, 4.69) is 18.0 Å². The Hall–Kier alpha value is -0.500. The van der Waals surface area contributed by atoms with Crippen molar-refractivity contribution in [2.75, 3.05) is 5.75 Å². The number of aromatic nitrogens is 1. The SMILES string of the molecule is CC.CCCSc1cccnc1. The second-order valence-corrected chi connectivity index (χ2v) is 3.21. The molecule has 1 rings (SSSR count). The van der Waals surface area contributed by atoms with Gasteiger partial charge in [-0.05, 0) is 24.3 Å². The van der Waals surface area contributed by atoms with Crippen molar-refractivity contribution in [2.24, 2.45) is 0 Å². The average Bonchev–Trinajstić information content (AvgIpc) is 2.19. The molecule has 1 aromatic heterocycles. The maximum Gasteiger partial charge on any atom is 0.0403 e. The second-order valence-electron chi connectivity index (χ2n) is 2.04. The van der Waals surface area contributed by atoms with E-state index in [0.717, 1.165) is 0 Å². The summed E-state index contributed by atoms with van der Waals surface area (Å²) in [5.74, 6) is 1.19. The summed E-state index contributed by atoms with van der Waals surface area (Å²) >= 11 is 1.86. The minimum Gasteiger partial charge on any atom is -0.264 e. The highest BCUT2D eigenvalue weighted by Crippen LogP contribution is 2.15. The van der Waals surface area contributed by atoms with Crippen molar-refractivity contribution in [3.05, 3.63) is 24.5 Å². The standard InChI is InChI=1S/C8H11NS.C2H6/c1-2-6-10-8-4-3-5-9-7-8;1-2/h3-5,7H,2,6H2,1H3;1-2H3. The predicted molar refractivity (Wildman–Crippen MR) is 56.6 cm³/mol. The molecule has 0 aromatic carbocycles. The first-order valence-electron chi connectivity index (χ1n) is 4.46. The molecule has 68 valence electrons. The van der Waals surface area contributed by atoms with Crippen LogP contribution in [0.5, 0.6) is 0 Å². The molecule has 0 N–H and O–H groups in total. The Bertz CT molecular complexity index is 174. The fourth-order valence-corrected chi connectivity index (χ4v) is 1.40. The molecule has 0 unspecified atom stereocenters. The van der Waals surface area contributed by atoms with E-state index in [-0.39, 0.29) is 0 Å². The van der Waals surface area contributed by atoms with Crippen LogP contribution in [-0.4, -0.2) is 10.7 Å². The highest BCUT2D eigenvalue weighted by atomic mass is 32.2. The van der Waals surface area contributed by atoms with Crippen molar-refractivity contribution in [2.45, 2.75) is 32.1 Å². The van der Waals surface area contributed by atoms with Crippen LogP contribution in [-0.2, 0) is 0 Å². The first-order valence-corrected chi connectivity index (χ1v) is 5.45. The number of hydrogen-bond donors (Lipinski definition) is 0. The molecule has 1 nitrogen and oxygen atoms in total. The maximum absolute atomic E-state index is 4.02. The van der Waals surface area contributed by atoms with E-state index in [9.17, 15) is 0 Å². The summed E-state index contributed by atoms with van der Waals surface area (Å²) < 4.78 is 0. The fraction of sp³-hybridized carbons (Fsp3) is 0.500. The Morgan fingerprint density at radius 1 is 1.42 bits per heavy atom. The Labute approximate surface area is 79.6 Å². The molecule has 0 atom stereocenters. The van der Waals surface area contributed by atoms with Gasteiger partial charge in [0.1, 0.15) is 0 Å². The van der Waals surface area contributed by atoms with Crippen LogP contribution in [0.25, 0.3) is 0 Å². The van der Waals surface area contributed by atoms with Gasteiger partial charge in [0.2, 0.25) is 0 Å². The van der Waals surface area contributed by atoms with Gasteiger partial charge in [-0.15, -0.1) is 11.8 Å². The molecule has 0 amide bonds. The van der Waals surface area contributed by atoms with Gasteiger partial charge in [-0.3, -0.25) is 4.98 Å². The lowest BCUT2D eigenvalue weighted by molar-refractivity contribution is 1.10. The summed E-state index contributed by atoms with van der Waals surface area (Å²) in [7, 11) is 0. The number of pyridine rings is 1. The highest BCUT2D eigenvalue weighted by molar-refractivity contribution is 7.99. The zero-order valence-electron chi connectivity index (χ0n) is 8.08. The van der Waals surface area contributed by atoms with E-state index in [4.69, 9.17) is 0 Å². The van der Waals surface area contributed by atoms with Gasteiger partial charge in [-0.1, -0.05) is 20.8 Å². The van der Waals surface area contributed by atoms with Gasteiger partial charge >= 0.3 is 0 Å². The zero-order valence-corrected chi connectivity index (χ0v) is 8.90. The van der Waals surface area contributed by atoms with Crippen LogP contribution in [0.2, 0.25) is 0 Å². The van der Waals surface area contributed by atoms with Crippen LogP contribution < -0.4 is 0 Å². The number of thioether (sulfide) groups is 1. The third-order valence-corrected chi connectivity index (χ3v) is 2.29. The molecule has 1 heterocycles. The van der Waals surface area contributed by atoms with Crippen LogP contribution in [0, 0.1) is 0 Å². The Balaban J connectivity index is 0.000000561. The van der Waals surface area contributed by atoms with Gasteiger partial charge in [0.05, 0.1) is 0 Å². The Kier molecular flexibility index (Phi) is 8.24. The van der Waals surface area contributed by atoms with Crippen LogP contribution in [0.3, 0.4) is 0 Å². The van der Waals surface area contributed by atoms with E-state index in [1.165, 1.54) is 17.1 Å². The van der Waals surface area contributed by atoms with Gasteiger partial charge in [-0.25, -0.2) is 0 Å². The summed E-state index contributed by atoms with van der Waals surface area (Å²) in [6, 6.07) is 4.06. The highest BCUT2D eigenvalue weighted by Gasteiger charge is 1.88. The van der Waals surface area contributed by atoms with E-state index in [1.54, 1.807) is 6.20 Å². The molecule has 0 bridgehead atoms. The van der Waals surface area contributed by atoms with Crippen molar-refractivity contribution in [1.82, 2.24) is 4.98 Å². The van der Waals surface area contributed by atoms with Gasteiger partial charge in [0, 0.05) is 17.3 Å². The molecule has 2 heteroatoms. The van der Waals surface area contributed by atoms with Crippen molar-refractivity contribution in [1.29, 1.82) is 0 Å². The zero-order chi connectivity index (χ0) is 9.23. The van der Waals surface area contributed by atoms with Crippen molar-refractivity contribution in [3.63, 3.8) is 0 Å². The summed E-state index contributed by atoms with van der Waals surface area (Å²) in [6.07, 6.45) is 4.93. The third-order valence-electron chi connectivity index (χ3n) is 1.11. The minimum absolute atomic E-state index is 1.19. The molecule has 0 saturated heterocycles. The van der Waals surface area contributed by atoms with Gasteiger partial charge in [0.15, 0.2) is 0 Å². The van der Waals surface area contributed by atoms with Gasteiger partial charge in [0.25, 0.3) is 0 Å². The van der Waals surface area contributed by atoms with Gasteiger partial charge < -0.3 is 0 Å². The molecule has 0 radical (unpaired) electrons. The van der Waals surface area contributed by atoms with E-state index < -0.39 is 0 Å². The largest absolute Gasteiger partial charge is 0.264 e. The lowest BCUT2D eigenvalue weighted by Crippen LogP contribution is -1.76. The summed E-state index contributed by atoms with van der Waals surface area (Å²) in [6.45, 7) is 6.18. The average molecular weight is 183 g/mol. The van der Waals surface area contributed by atoms with Crippen LogP contribution in [0.4, 0.5) is 0 Å². The van der Waals surface area contributed by atoms with E-state index in [1.807, 2.05) is 37.9 Å². The molecule has 0 spiro atoms. The molecule has 0 aliphatic rings. The van der Waals surface area contributed by atoms with E-state index in [0.29, 0.717) is 0 Å². The number of hydrogen-bond acceptors (Lipinski definition) is 2. The van der Waals surface area contributed by atoms with Crippen molar-refractivity contribution >= 4 is 11.8 Å². The molecular weight excluding hydrogens is 166 g/mol. The Morgan fingerprint density at radius 3 is 2.67 bits per heavy atom. The minimum atomic E-state index is 1.19. The molecular formula is C10H17NS.